The molecule has 0 amide bonds. The predicted molar refractivity (Wildman–Crippen MR) is 58.2 cm³/mol. The van der Waals surface area contributed by atoms with Crippen molar-refractivity contribution in [1.82, 2.24) is 0 Å². The summed E-state index contributed by atoms with van der Waals surface area (Å²) < 4.78 is 42.2. The molecule has 1 N–H and O–H groups in total. The normalized spacial score (nSPS) is 10.9. The van der Waals surface area contributed by atoms with Crippen LogP contribution in [0.1, 0.15) is 23.6 Å². The minimum Gasteiger partial charge on any atom is -0.506 e. The molecule has 0 bridgehead atoms. The van der Waals surface area contributed by atoms with Crippen LogP contribution in [0.15, 0.2) is 12.1 Å². The Labute approximate surface area is 107 Å². The molecule has 0 aliphatic heterocycles. The van der Waals surface area contributed by atoms with Crippen molar-refractivity contribution < 1.29 is 27.8 Å². The van der Waals surface area contributed by atoms with E-state index in [1.807, 2.05) is 0 Å². The van der Waals surface area contributed by atoms with Gasteiger partial charge in [0, 0.05) is 0 Å². The van der Waals surface area contributed by atoms with Gasteiger partial charge in [0.15, 0.2) is 0 Å². The van der Waals surface area contributed by atoms with Crippen LogP contribution in [0, 0.1) is 11.3 Å². The Bertz CT molecular complexity index is 532. The first-order valence-electron chi connectivity index (χ1n) is 5.29. The third-order valence-electron chi connectivity index (χ3n) is 2.32. The molecular weight excluding hydrogens is 263 g/mol. The summed E-state index contributed by atoms with van der Waals surface area (Å²) in [5, 5.41) is 18.3. The van der Waals surface area contributed by atoms with Gasteiger partial charge >= 0.3 is 12.1 Å². The van der Waals surface area contributed by atoms with E-state index in [-0.39, 0.29) is 18.6 Å². The molecule has 0 aliphatic rings. The van der Waals surface area contributed by atoms with Gasteiger partial charge in [0.2, 0.25) is 0 Å². The molecule has 7 heteroatoms. The van der Waals surface area contributed by atoms with E-state index in [2.05, 4.69) is 4.74 Å². The summed E-state index contributed by atoms with van der Waals surface area (Å²) in [4.78, 5) is 11.2. The number of aromatic hydroxyl groups is 1. The van der Waals surface area contributed by atoms with E-state index in [0.717, 1.165) is 6.07 Å². The van der Waals surface area contributed by atoms with Crippen molar-refractivity contribution in [3.8, 4) is 11.8 Å². The van der Waals surface area contributed by atoms with E-state index < -0.39 is 29.0 Å². The number of carbonyl (C=O) groups excluding carboxylic acids is 1. The Morgan fingerprint density at radius 2 is 2.11 bits per heavy atom. The summed E-state index contributed by atoms with van der Waals surface area (Å²) in [6.07, 6.45) is -5.14. The lowest BCUT2D eigenvalue weighted by Crippen LogP contribution is -2.11. The molecule has 0 aromatic heterocycles. The van der Waals surface area contributed by atoms with E-state index >= 15 is 0 Å². The van der Waals surface area contributed by atoms with Crippen molar-refractivity contribution in [3.63, 3.8) is 0 Å². The number of rotatable bonds is 3. The highest BCUT2D eigenvalue weighted by Gasteiger charge is 2.35. The van der Waals surface area contributed by atoms with Gasteiger partial charge in [-0.15, -0.1) is 0 Å². The molecule has 0 heterocycles. The third-order valence-corrected chi connectivity index (χ3v) is 2.32. The third kappa shape index (κ3) is 3.37. The lowest BCUT2D eigenvalue weighted by Gasteiger charge is -2.12. The van der Waals surface area contributed by atoms with Gasteiger partial charge in [0.25, 0.3) is 0 Å². The minimum atomic E-state index is -4.77. The molecule has 19 heavy (non-hydrogen) atoms. The number of carbonyl (C=O) groups is 1. The summed E-state index contributed by atoms with van der Waals surface area (Å²) >= 11 is 0. The topological polar surface area (TPSA) is 70.3 Å². The average molecular weight is 273 g/mol. The smallest absolute Gasteiger partial charge is 0.420 e. The number of halogens is 3. The highest BCUT2D eigenvalue weighted by atomic mass is 19.4. The number of benzene rings is 1. The lowest BCUT2D eigenvalue weighted by molar-refractivity contribution is -0.142. The van der Waals surface area contributed by atoms with Crippen molar-refractivity contribution in [3.05, 3.63) is 28.8 Å². The fraction of sp³-hybridized carbons (Fsp3) is 0.333. The van der Waals surface area contributed by atoms with E-state index in [4.69, 9.17) is 5.26 Å². The highest BCUT2D eigenvalue weighted by Crippen LogP contribution is 2.38. The molecule has 0 spiro atoms. The van der Waals surface area contributed by atoms with Crippen LogP contribution in [0.25, 0.3) is 0 Å². The molecule has 4 nitrogen and oxygen atoms in total. The highest BCUT2D eigenvalue weighted by molar-refractivity contribution is 5.74. The van der Waals surface area contributed by atoms with E-state index in [1.54, 1.807) is 6.92 Å². The molecule has 0 unspecified atom stereocenters. The van der Waals surface area contributed by atoms with E-state index in [9.17, 15) is 23.1 Å². The summed E-state index contributed by atoms with van der Waals surface area (Å²) in [7, 11) is 0. The fourth-order valence-electron chi connectivity index (χ4n) is 1.50. The molecule has 0 atom stereocenters. The summed E-state index contributed by atoms with van der Waals surface area (Å²) in [5.74, 6) is -1.85. The average Bonchev–Trinajstić information content (AvgIpc) is 2.27. The van der Waals surface area contributed by atoms with Crippen LogP contribution in [0.3, 0.4) is 0 Å². The van der Waals surface area contributed by atoms with Gasteiger partial charge < -0.3 is 9.84 Å². The zero-order chi connectivity index (χ0) is 14.6. The maximum absolute atomic E-state index is 12.5. The van der Waals surface area contributed by atoms with E-state index in [0.29, 0.717) is 6.07 Å². The molecule has 1 aromatic carbocycles. The monoisotopic (exact) mass is 273 g/mol. The Balaban J connectivity index is 3.21. The number of ether oxygens (including phenoxy) is 1. The minimum absolute atomic E-state index is 0.00792. The number of hydrogen-bond acceptors (Lipinski definition) is 4. The van der Waals surface area contributed by atoms with Gasteiger partial charge in [-0.05, 0) is 18.6 Å². The van der Waals surface area contributed by atoms with Crippen molar-refractivity contribution >= 4 is 5.97 Å². The van der Waals surface area contributed by atoms with Crippen molar-refractivity contribution in [2.24, 2.45) is 0 Å². The molecule has 102 valence electrons. The Morgan fingerprint density at radius 1 is 1.47 bits per heavy atom. The number of esters is 1. The second-order valence-electron chi connectivity index (χ2n) is 3.59. The van der Waals surface area contributed by atoms with Gasteiger partial charge in [-0.2, -0.15) is 18.4 Å². The fourth-order valence-corrected chi connectivity index (χ4v) is 1.50. The van der Waals surface area contributed by atoms with Crippen LogP contribution in [-0.2, 0) is 22.1 Å². The Hall–Kier alpha value is -2.23. The molecule has 1 rings (SSSR count). The first-order chi connectivity index (χ1) is 8.81. The molecular formula is C12H10F3NO3. The largest absolute Gasteiger partial charge is 0.506 e. The summed E-state index contributed by atoms with van der Waals surface area (Å²) in [6, 6.07) is 3.08. The van der Waals surface area contributed by atoms with Gasteiger partial charge in [-0.1, -0.05) is 6.07 Å². The SMILES string of the molecule is CCOC(=O)Cc1ccc(C(F)(F)F)c(O)c1C#N. The number of phenols is 1. The van der Waals surface area contributed by atoms with Gasteiger partial charge in [0.1, 0.15) is 11.8 Å². The summed E-state index contributed by atoms with van der Waals surface area (Å²) in [5.41, 5.74) is -1.88. The zero-order valence-corrected chi connectivity index (χ0v) is 9.91. The van der Waals surface area contributed by atoms with Crippen LogP contribution >= 0.6 is 0 Å². The Morgan fingerprint density at radius 3 is 2.58 bits per heavy atom. The molecule has 0 saturated carbocycles. The lowest BCUT2D eigenvalue weighted by atomic mass is 10.0. The van der Waals surface area contributed by atoms with Crippen molar-refractivity contribution in [2.75, 3.05) is 6.61 Å². The standard InChI is InChI=1S/C12H10F3NO3/c1-2-19-10(17)5-7-3-4-9(12(13,14)15)11(18)8(7)6-16/h3-4,18H,2,5H2,1H3. The first-order valence-corrected chi connectivity index (χ1v) is 5.29. The van der Waals surface area contributed by atoms with Crippen LogP contribution in [0.2, 0.25) is 0 Å². The first kappa shape index (κ1) is 14.8. The predicted octanol–water partition coefficient (Wildman–Crippen LogP) is 2.39. The second-order valence-corrected chi connectivity index (χ2v) is 3.59. The van der Waals surface area contributed by atoms with Gasteiger partial charge in [-0.25, -0.2) is 0 Å². The molecule has 0 radical (unpaired) electrons. The quantitative estimate of drug-likeness (QED) is 0.858. The number of phenolic OH excluding ortho intramolecular Hbond substituents is 1. The van der Waals surface area contributed by atoms with Gasteiger partial charge in [0.05, 0.1) is 24.2 Å². The van der Waals surface area contributed by atoms with Crippen LogP contribution in [0.4, 0.5) is 13.2 Å². The van der Waals surface area contributed by atoms with E-state index in [1.165, 1.54) is 6.07 Å². The van der Waals surface area contributed by atoms with Crippen LogP contribution < -0.4 is 0 Å². The number of nitrogens with zero attached hydrogens (tertiary/aromatic N) is 1. The van der Waals surface area contributed by atoms with Crippen LogP contribution in [0.5, 0.6) is 5.75 Å². The number of nitriles is 1. The molecule has 0 aliphatic carbocycles. The molecule has 0 saturated heterocycles. The maximum atomic E-state index is 12.5. The van der Waals surface area contributed by atoms with Crippen molar-refractivity contribution in [2.45, 2.75) is 19.5 Å². The number of alkyl halides is 3. The number of hydrogen-bond donors (Lipinski definition) is 1. The molecule has 1 aromatic rings. The van der Waals surface area contributed by atoms with Gasteiger partial charge in [-0.3, -0.25) is 4.79 Å². The second kappa shape index (κ2) is 5.61. The maximum Gasteiger partial charge on any atom is 0.420 e. The summed E-state index contributed by atoms with van der Waals surface area (Å²) in [6.45, 7) is 1.70. The van der Waals surface area contributed by atoms with Crippen molar-refractivity contribution in [1.29, 1.82) is 5.26 Å². The Kier molecular flexibility index (Phi) is 4.38. The zero-order valence-electron chi connectivity index (χ0n) is 9.91. The van der Waals surface area contributed by atoms with Crippen LogP contribution in [-0.4, -0.2) is 17.7 Å². The molecule has 0 fully saturated rings.